The Morgan fingerprint density at radius 1 is 1.00 bits per heavy atom. The number of hydrogen-bond acceptors (Lipinski definition) is 6. The van der Waals surface area contributed by atoms with Crippen molar-refractivity contribution >= 4 is 11.8 Å². The molecule has 2 aliphatic heterocycles. The number of likely N-dealkylation sites (tertiary alicyclic amines) is 1. The van der Waals surface area contributed by atoms with Crippen LogP contribution < -0.4 is 24.3 Å². The van der Waals surface area contributed by atoms with Gasteiger partial charge in [-0.2, -0.15) is 0 Å². The zero-order valence-corrected chi connectivity index (χ0v) is 20.5. The maximum atomic E-state index is 13.5. The Balaban J connectivity index is 1.42. The summed E-state index contributed by atoms with van der Waals surface area (Å²) in [6.45, 7) is 0.886. The normalized spacial score (nSPS) is 18.0. The zero-order valence-electron chi connectivity index (χ0n) is 20.5. The van der Waals surface area contributed by atoms with Crippen LogP contribution in [-0.4, -0.2) is 50.8 Å². The molecule has 2 amide bonds. The smallest absolute Gasteiger partial charge is 0.254 e. The summed E-state index contributed by atoms with van der Waals surface area (Å²) in [5.74, 6) is 0.554. The molecular weight excluding hydrogens is 479 g/mol. The first-order chi connectivity index (χ1) is 18.0. The number of amides is 2. The molecule has 2 atom stereocenters. The van der Waals surface area contributed by atoms with E-state index in [9.17, 15) is 14.0 Å². The molecule has 1 fully saturated rings. The van der Waals surface area contributed by atoms with Gasteiger partial charge in [-0.3, -0.25) is 9.59 Å². The first-order valence-electron chi connectivity index (χ1n) is 11.9. The number of ether oxygens (including phenoxy) is 4. The number of methoxy groups -OCH3 is 2. The maximum absolute atomic E-state index is 13.5. The molecule has 0 aromatic heterocycles. The second kappa shape index (κ2) is 10.4. The Morgan fingerprint density at radius 3 is 2.54 bits per heavy atom. The third-order valence-electron chi connectivity index (χ3n) is 6.78. The summed E-state index contributed by atoms with van der Waals surface area (Å²) in [5.41, 5.74) is 2.01. The van der Waals surface area contributed by atoms with Gasteiger partial charge in [0.2, 0.25) is 12.7 Å². The van der Waals surface area contributed by atoms with Crippen molar-refractivity contribution in [3.05, 3.63) is 83.2 Å². The first kappa shape index (κ1) is 24.4. The van der Waals surface area contributed by atoms with Crippen LogP contribution >= 0.6 is 0 Å². The van der Waals surface area contributed by atoms with Gasteiger partial charge in [0, 0.05) is 36.7 Å². The van der Waals surface area contributed by atoms with Gasteiger partial charge in [-0.05, 0) is 42.0 Å². The Hall–Kier alpha value is -4.27. The molecule has 37 heavy (non-hydrogen) atoms. The van der Waals surface area contributed by atoms with Gasteiger partial charge in [-0.15, -0.1) is 0 Å². The van der Waals surface area contributed by atoms with Gasteiger partial charge in [0.15, 0.2) is 23.0 Å². The highest BCUT2D eigenvalue weighted by Crippen LogP contribution is 2.42. The second-order valence-electron chi connectivity index (χ2n) is 8.92. The molecule has 9 heteroatoms. The van der Waals surface area contributed by atoms with Crippen LogP contribution in [0, 0.1) is 11.7 Å². The van der Waals surface area contributed by atoms with Crippen molar-refractivity contribution in [2.75, 3.05) is 34.1 Å². The van der Waals surface area contributed by atoms with E-state index in [0.717, 1.165) is 11.1 Å². The highest BCUT2D eigenvalue weighted by Gasteiger charge is 2.42. The van der Waals surface area contributed by atoms with Crippen LogP contribution in [0.2, 0.25) is 0 Å². The molecule has 0 spiro atoms. The van der Waals surface area contributed by atoms with Crippen LogP contribution in [0.5, 0.6) is 23.0 Å². The van der Waals surface area contributed by atoms with Crippen molar-refractivity contribution in [1.82, 2.24) is 10.2 Å². The number of benzene rings is 3. The molecule has 192 valence electrons. The van der Waals surface area contributed by atoms with E-state index in [2.05, 4.69) is 5.32 Å². The molecule has 3 aromatic carbocycles. The third kappa shape index (κ3) is 4.89. The molecule has 0 saturated carbocycles. The largest absolute Gasteiger partial charge is 0.493 e. The summed E-state index contributed by atoms with van der Waals surface area (Å²) in [7, 11) is 3.11. The SMILES string of the molecule is COc1cccc([C@@H]2CN(C(=O)c3ccc4c(c3)OCO4)C[C@@H]2C(=O)NCc2ccc(F)cc2)c1OC. The molecule has 5 rings (SSSR count). The summed E-state index contributed by atoms with van der Waals surface area (Å²) in [6.07, 6.45) is 0. The third-order valence-corrected chi connectivity index (χ3v) is 6.78. The van der Waals surface area contributed by atoms with Gasteiger partial charge in [0.1, 0.15) is 5.82 Å². The molecule has 0 aliphatic carbocycles. The molecule has 8 nitrogen and oxygen atoms in total. The Kier molecular flexibility index (Phi) is 6.85. The van der Waals surface area contributed by atoms with Crippen molar-refractivity contribution in [2.24, 2.45) is 5.92 Å². The van der Waals surface area contributed by atoms with Gasteiger partial charge < -0.3 is 29.2 Å². The Bertz CT molecular complexity index is 1310. The lowest BCUT2D eigenvalue weighted by atomic mass is 9.87. The molecule has 0 unspecified atom stereocenters. The van der Waals surface area contributed by atoms with E-state index in [1.165, 1.54) is 12.1 Å². The number of para-hydroxylation sites is 1. The van der Waals surface area contributed by atoms with Crippen LogP contribution in [0.3, 0.4) is 0 Å². The molecule has 2 heterocycles. The van der Waals surface area contributed by atoms with E-state index >= 15 is 0 Å². The number of rotatable bonds is 7. The monoisotopic (exact) mass is 506 g/mol. The van der Waals surface area contributed by atoms with E-state index in [0.29, 0.717) is 35.1 Å². The summed E-state index contributed by atoms with van der Waals surface area (Å²) in [5, 5.41) is 2.95. The van der Waals surface area contributed by atoms with Crippen LogP contribution in [0.1, 0.15) is 27.4 Å². The van der Waals surface area contributed by atoms with Crippen LogP contribution in [0.25, 0.3) is 0 Å². The van der Waals surface area contributed by atoms with Crippen molar-refractivity contribution in [2.45, 2.75) is 12.5 Å². The fraction of sp³-hybridized carbons (Fsp3) is 0.286. The van der Waals surface area contributed by atoms with Crippen molar-refractivity contribution < 1.29 is 32.9 Å². The summed E-state index contributed by atoms with van der Waals surface area (Å²) >= 11 is 0. The lowest BCUT2D eigenvalue weighted by Crippen LogP contribution is -2.35. The molecule has 3 aromatic rings. The average Bonchev–Trinajstić information content (AvgIpc) is 3.59. The molecule has 0 bridgehead atoms. The van der Waals surface area contributed by atoms with Gasteiger partial charge >= 0.3 is 0 Å². The number of hydrogen-bond donors (Lipinski definition) is 1. The molecular formula is C28H27FN2O6. The number of halogens is 1. The first-order valence-corrected chi connectivity index (χ1v) is 11.9. The number of carbonyl (C=O) groups is 2. The minimum absolute atomic E-state index is 0.116. The Morgan fingerprint density at radius 2 is 1.78 bits per heavy atom. The average molecular weight is 507 g/mol. The standard InChI is InChI=1S/C28H27FN2O6/c1-34-24-5-3-4-20(26(24)35-2)21-14-31(28(33)18-8-11-23-25(12-18)37-16-36-23)15-22(21)27(32)30-13-17-6-9-19(29)10-7-17/h3-12,21-22H,13-16H2,1-2H3,(H,30,32)/t21-,22-/m0/s1. The summed E-state index contributed by atoms with van der Waals surface area (Å²) in [6, 6.07) is 16.5. The minimum Gasteiger partial charge on any atom is -0.493 e. The molecule has 1 saturated heterocycles. The molecule has 0 radical (unpaired) electrons. The number of nitrogens with zero attached hydrogens (tertiary/aromatic N) is 1. The highest BCUT2D eigenvalue weighted by atomic mass is 19.1. The van der Waals surface area contributed by atoms with Gasteiger partial charge in [0.25, 0.3) is 5.91 Å². The maximum Gasteiger partial charge on any atom is 0.254 e. The van der Waals surface area contributed by atoms with Crippen LogP contribution in [0.4, 0.5) is 4.39 Å². The van der Waals surface area contributed by atoms with Crippen molar-refractivity contribution in [3.8, 4) is 23.0 Å². The van der Waals surface area contributed by atoms with Crippen LogP contribution in [-0.2, 0) is 11.3 Å². The predicted octanol–water partition coefficient (Wildman–Crippen LogP) is 3.74. The minimum atomic E-state index is -0.542. The van der Waals surface area contributed by atoms with E-state index in [4.69, 9.17) is 18.9 Å². The van der Waals surface area contributed by atoms with E-state index in [1.807, 2.05) is 12.1 Å². The highest BCUT2D eigenvalue weighted by molar-refractivity contribution is 5.96. The fourth-order valence-corrected chi connectivity index (χ4v) is 4.89. The summed E-state index contributed by atoms with van der Waals surface area (Å²) < 4.78 is 35.2. The van der Waals surface area contributed by atoms with Gasteiger partial charge in [-0.25, -0.2) is 4.39 Å². The molecule has 2 aliphatic rings. The fourth-order valence-electron chi connectivity index (χ4n) is 4.89. The van der Waals surface area contributed by atoms with E-state index in [1.54, 1.807) is 55.5 Å². The number of fused-ring (bicyclic) bond motifs is 1. The van der Waals surface area contributed by atoms with Crippen molar-refractivity contribution in [3.63, 3.8) is 0 Å². The van der Waals surface area contributed by atoms with Gasteiger partial charge in [0.05, 0.1) is 20.1 Å². The zero-order chi connectivity index (χ0) is 25.9. The predicted molar refractivity (Wildman–Crippen MR) is 132 cm³/mol. The molecule has 1 N–H and O–H groups in total. The second-order valence-corrected chi connectivity index (χ2v) is 8.92. The van der Waals surface area contributed by atoms with E-state index in [-0.39, 0.29) is 43.4 Å². The number of nitrogens with one attached hydrogen (secondary N) is 1. The lowest BCUT2D eigenvalue weighted by Gasteiger charge is -2.21. The number of carbonyl (C=O) groups excluding carboxylic acids is 2. The topological polar surface area (TPSA) is 86.3 Å². The van der Waals surface area contributed by atoms with Crippen LogP contribution in [0.15, 0.2) is 60.7 Å². The van der Waals surface area contributed by atoms with Crippen molar-refractivity contribution in [1.29, 1.82) is 0 Å². The summed E-state index contributed by atoms with van der Waals surface area (Å²) in [4.78, 5) is 28.6. The quantitative estimate of drug-likeness (QED) is 0.526. The lowest BCUT2D eigenvalue weighted by molar-refractivity contribution is -0.125. The Labute approximate surface area is 213 Å². The van der Waals surface area contributed by atoms with Gasteiger partial charge in [-0.1, -0.05) is 24.3 Å². The van der Waals surface area contributed by atoms with E-state index < -0.39 is 5.92 Å².